The molecule has 19 heavy (non-hydrogen) atoms. The van der Waals surface area contributed by atoms with Gasteiger partial charge in [-0.3, -0.25) is 9.69 Å². The molecule has 2 saturated heterocycles. The number of piperazine rings is 1. The highest BCUT2D eigenvalue weighted by molar-refractivity contribution is 5.76. The van der Waals surface area contributed by atoms with E-state index in [1.54, 1.807) is 0 Å². The predicted octanol–water partition coefficient (Wildman–Crippen LogP) is 0.592. The van der Waals surface area contributed by atoms with E-state index < -0.39 is 0 Å². The van der Waals surface area contributed by atoms with Gasteiger partial charge in [0.1, 0.15) is 0 Å². The number of amides is 1. The first-order valence-corrected chi connectivity index (χ1v) is 7.34. The van der Waals surface area contributed by atoms with Gasteiger partial charge in [-0.25, -0.2) is 0 Å². The summed E-state index contributed by atoms with van der Waals surface area (Å²) in [5, 5.41) is 0. The van der Waals surface area contributed by atoms with Crippen molar-refractivity contribution in [3.05, 3.63) is 0 Å². The Hall–Kier alpha value is -0.650. The highest BCUT2D eigenvalue weighted by Gasteiger charge is 2.24. The van der Waals surface area contributed by atoms with Gasteiger partial charge in [0.15, 0.2) is 0 Å². The molecule has 0 aromatic rings. The number of carbonyl (C=O) groups excluding carboxylic acids is 1. The Kier molecular flexibility index (Phi) is 5.60. The number of carbonyl (C=O) groups is 1. The molecule has 2 fully saturated rings. The molecule has 0 saturated carbocycles. The molecular weight excluding hydrogens is 244 g/mol. The van der Waals surface area contributed by atoms with Gasteiger partial charge in [-0.2, -0.15) is 0 Å². The molecule has 2 heterocycles. The molecule has 0 radical (unpaired) electrons. The van der Waals surface area contributed by atoms with E-state index in [1.165, 1.54) is 0 Å². The average molecular weight is 270 g/mol. The highest BCUT2D eigenvalue weighted by Crippen LogP contribution is 2.10. The van der Waals surface area contributed by atoms with Crippen molar-refractivity contribution in [2.75, 3.05) is 52.5 Å². The van der Waals surface area contributed by atoms with E-state index in [2.05, 4.69) is 18.7 Å². The molecule has 2 aliphatic heterocycles. The van der Waals surface area contributed by atoms with Crippen LogP contribution >= 0.6 is 0 Å². The summed E-state index contributed by atoms with van der Waals surface area (Å²) in [6.07, 6.45) is 0.867. The van der Waals surface area contributed by atoms with Crippen LogP contribution in [0.1, 0.15) is 20.3 Å². The SMILES string of the molecule is CC(C)CC(=O)N1CCN(CC2COCCO2)CC1. The van der Waals surface area contributed by atoms with Crippen molar-refractivity contribution in [1.29, 1.82) is 0 Å². The fraction of sp³-hybridized carbons (Fsp3) is 0.929. The van der Waals surface area contributed by atoms with E-state index in [-0.39, 0.29) is 6.10 Å². The summed E-state index contributed by atoms with van der Waals surface area (Å²) in [7, 11) is 0. The molecular formula is C14H26N2O3. The van der Waals surface area contributed by atoms with Gasteiger partial charge >= 0.3 is 0 Å². The average Bonchev–Trinajstić information content (AvgIpc) is 2.40. The van der Waals surface area contributed by atoms with Crippen molar-refractivity contribution in [3.8, 4) is 0 Å². The van der Waals surface area contributed by atoms with Crippen LogP contribution in [0.3, 0.4) is 0 Å². The van der Waals surface area contributed by atoms with Crippen molar-refractivity contribution in [1.82, 2.24) is 9.80 Å². The van der Waals surface area contributed by atoms with Crippen LogP contribution in [-0.4, -0.2) is 74.4 Å². The summed E-state index contributed by atoms with van der Waals surface area (Å²) in [4.78, 5) is 16.3. The summed E-state index contributed by atoms with van der Waals surface area (Å²) in [5.41, 5.74) is 0. The van der Waals surface area contributed by atoms with Crippen molar-refractivity contribution in [2.45, 2.75) is 26.4 Å². The lowest BCUT2D eigenvalue weighted by molar-refractivity contribution is -0.134. The predicted molar refractivity (Wildman–Crippen MR) is 73.0 cm³/mol. The second-order valence-electron chi connectivity index (χ2n) is 5.85. The van der Waals surface area contributed by atoms with Crippen LogP contribution in [-0.2, 0) is 14.3 Å². The molecule has 2 aliphatic rings. The summed E-state index contributed by atoms with van der Waals surface area (Å²) in [5.74, 6) is 0.741. The van der Waals surface area contributed by atoms with Crippen LogP contribution < -0.4 is 0 Å². The quantitative estimate of drug-likeness (QED) is 0.750. The lowest BCUT2D eigenvalue weighted by Crippen LogP contribution is -2.51. The van der Waals surface area contributed by atoms with Crippen LogP contribution in [0.25, 0.3) is 0 Å². The molecule has 1 amide bonds. The summed E-state index contributed by atoms with van der Waals surface area (Å²) < 4.78 is 11.1. The van der Waals surface area contributed by atoms with Crippen LogP contribution in [0, 0.1) is 5.92 Å². The topological polar surface area (TPSA) is 42.0 Å². The van der Waals surface area contributed by atoms with Gasteiger partial charge in [0.2, 0.25) is 5.91 Å². The largest absolute Gasteiger partial charge is 0.376 e. The summed E-state index contributed by atoms with van der Waals surface area (Å²) in [6, 6.07) is 0. The van der Waals surface area contributed by atoms with Crippen molar-refractivity contribution >= 4 is 5.91 Å². The zero-order valence-corrected chi connectivity index (χ0v) is 12.1. The number of nitrogens with zero attached hydrogens (tertiary/aromatic N) is 2. The Morgan fingerprint density at radius 1 is 1.21 bits per heavy atom. The minimum atomic E-state index is 0.201. The maximum atomic E-state index is 12.0. The number of hydrogen-bond donors (Lipinski definition) is 0. The van der Waals surface area contributed by atoms with E-state index in [0.29, 0.717) is 38.1 Å². The van der Waals surface area contributed by atoms with Crippen LogP contribution in [0.2, 0.25) is 0 Å². The molecule has 0 aromatic carbocycles. The van der Waals surface area contributed by atoms with Crippen LogP contribution in [0.15, 0.2) is 0 Å². The Bertz CT molecular complexity index is 282. The molecule has 1 atom stereocenters. The normalized spacial score (nSPS) is 25.8. The third kappa shape index (κ3) is 4.75. The first kappa shape index (κ1) is 14.8. The zero-order valence-electron chi connectivity index (χ0n) is 12.1. The molecule has 2 rings (SSSR count). The van der Waals surface area contributed by atoms with E-state index in [1.807, 2.05) is 4.90 Å². The maximum absolute atomic E-state index is 12.0. The molecule has 0 aromatic heterocycles. The molecule has 110 valence electrons. The third-order valence-electron chi connectivity index (χ3n) is 3.65. The van der Waals surface area contributed by atoms with Gasteiger partial charge in [0, 0.05) is 39.1 Å². The molecule has 0 bridgehead atoms. The van der Waals surface area contributed by atoms with Gasteiger partial charge in [-0.1, -0.05) is 13.8 Å². The maximum Gasteiger partial charge on any atom is 0.222 e. The van der Waals surface area contributed by atoms with Gasteiger partial charge in [0.25, 0.3) is 0 Å². The number of rotatable bonds is 4. The molecule has 1 unspecified atom stereocenters. The van der Waals surface area contributed by atoms with Crippen LogP contribution in [0.4, 0.5) is 0 Å². The smallest absolute Gasteiger partial charge is 0.222 e. The van der Waals surface area contributed by atoms with Crippen LogP contribution in [0.5, 0.6) is 0 Å². The molecule has 5 heteroatoms. The third-order valence-corrected chi connectivity index (χ3v) is 3.65. The highest BCUT2D eigenvalue weighted by atomic mass is 16.6. The van der Waals surface area contributed by atoms with Crippen molar-refractivity contribution in [3.63, 3.8) is 0 Å². The Labute approximate surface area is 115 Å². The van der Waals surface area contributed by atoms with Gasteiger partial charge in [-0.15, -0.1) is 0 Å². The summed E-state index contributed by atoms with van der Waals surface area (Å²) in [6.45, 7) is 10.8. The lowest BCUT2D eigenvalue weighted by atomic mass is 10.1. The Morgan fingerprint density at radius 3 is 2.53 bits per heavy atom. The number of hydrogen-bond acceptors (Lipinski definition) is 4. The zero-order chi connectivity index (χ0) is 13.7. The second-order valence-corrected chi connectivity index (χ2v) is 5.85. The minimum Gasteiger partial charge on any atom is -0.376 e. The van der Waals surface area contributed by atoms with Crippen molar-refractivity contribution in [2.24, 2.45) is 5.92 Å². The van der Waals surface area contributed by atoms with Gasteiger partial charge in [0.05, 0.1) is 25.9 Å². The van der Waals surface area contributed by atoms with E-state index >= 15 is 0 Å². The first-order valence-electron chi connectivity index (χ1n) is 7.34. The molecule has 0 N–H and O–H groups in total. The molecule has 0 aliphatic carbocycles. The first-order chi connectivity index (χ1) is 9.15. The number of ether oxygens (including phenoxy) is 2. The molecule has 0 spiro atoms. The summed E-state index contributed by atoms with van der Waals surface area (Å²) >= 11 is 0. The van der Waals surface area contributed by atoms with E-state index in [9.17, 15) is 4.79 Å². The minimum absolute atomic E-state index is 0.201. The fourth-order valence-electron chi connectivity index (χ4n) is 2.59. The molecule has 5 nitrogen and oxygen atoms in total. The lowest BCUT2D eigenvalue weighted by Gasteiger charge is -2.37. The standard InChI is InChI=1S/C14H26N2O3/c1-12(2)9-14(17)16-5-3-15(4-6-16)10-13-11-18-7-8-19-13/h12-13H,3-11H2,1-2H3. The Balaban J connectivity index is 1.68. The second kappa shape index (κ2) is 7.22. The van der Waals surface area contributed by atoms with Gasteiger partial charge in [-0.05, 0) is 5.92 Å². The Morgan fingerprint density at radius 2 is 1.95 bits per heavy atom. The van der Waals surface area contributed by atoms with E-state index in [4.69, 9.17) is 9.47 Å². The monoisotopic (exact) mass is 270 g/mol. The van der Waals surface area contributed by atoms with Gasteiger partial charge < -0.3 is 14.4 Å². The van der Waals surface area contributed by atoms with Crippen molar-refractivity contribution < 1.29 is 14.3 Å². The fourth-order valence-corrected chi connectivity index (χ4v) is 2.59. The van der Waals surface area contributed by atoms with E-state index in [0.717, 1.165) is 32.7 Å².